The highest BCUT2D eigenvalue weighted by Crippen LogP contribution is 2.23. The molecule has 9 nitrogen and oxygen atoms in total. The van der Waals surface area contributed by atoms with Crippen LogP contribution in [0.4, 0.5) is 22.0 Å². The van der Waals surface area contributed by atoms with Crippen LogP contribution in [-0.4, -0.2) is 59.7 Å². The molecule has 5 rings (SSSR count). The molecular formula is C31H31N5O4. The Hall–Kier alpha value is -4.92. The molecule has 1 aliphatic heterocycles. The van der Waals surface area contributed by atoms with Gasteiger partial charge in [0.05, 0.1) is 12.2 Å². The summed E-state index contributed by atoms with van der Waals surface area (Å²) < 4.78 is 10.5. The van der Waals surface area contributed by atoms with Gasteiger partial charge in [-0.25, -0.2) is 19.6 Å². The van der Waals surface area contributed by atoms with Crippen LogP contribution in [0, 0.1) is 0 Å². The molecule has 0 atom stereocenters. The summed E-state index contributed by atoms with van der Waals surface area (Å²) in [4.78, 5) is 37.4. The molecule has 204 valence electrons. The van der Waals surface area contributed by atoms with Gasteiger partial charge in [0.25, 0.3) is 0 Å². The SMILES string of the molecule is CCOC(=O)c1ccc(-c2nccc(Nc3ccc(N4CCN(C(=O)OCc5ccccc5)CC4)cc3)n2)cc1. The average Bonchev–Trinajstić information content (AvgIpc) is 3.01. The maximum atomic E-state index is 12.5. The van der Waals surface area contributed by atoms with Gasteiger partial charge in [-0.15, -0.1) is 0 Å². The lowest BCUT2D eigenvalue weighted by molar-refractivity contribution is 0.0526. The first-order valence-electron chi connectivity index (χ1n) is 13.3. The van der Waals surface area contributed by atoms with E-state index in [0.29, 0.717) is 36.9 Å². The van der Waals surface area contributed by atoms with E-state index in [0.717, 1.165) is 35.6 Å². The van der Waals surface area contributed by atoms with E-state index in [1.807, 2.05) is 54.6 Å². The predicted molar refractivity (Wildman–Crippen MR) is 154 cm³/mol. The van der Waals surface area contributed by atoms with Gasteiger partial charge in [-0.05, 0) is 55.0 Å². The average molecular weight is 538 g/mol. The predicted octanol–water partition coefficient (Wildman–Crippen LogP) is 5.52. The van der Waals surface area contributed by atoms with Crippen LogP contribution in [0.25, 0.3) is 11.4 Å². The minimum absolute atomic E-state index is 0.276. The van der Waals surface area contributed by atoms with Crippen molar-refractivity contribution in [2.24, 2.45) is 0 Å². The molecule has 0 spiro atoms. The number of nitrogens with one attached hydrogen (secondary N) is 1. The quantitative estimate of drug-likeness (QED) is 0.294. The molecule has 1 aliphatic rings. The Morgan fingerprint density at radius 2 is 1.57 bits per heavy atom. The van der Waals surface area contributed by atoms with Crippen molar-refractivity contribution in [2.75, 3.05) is 43.0 Å². The molecule has 0 radical (unpaired) electrons. The summed E-state index contributed by atoms with van der Waals surface area (Å²) in [5.41, 5.74) is 4.26. The highest BCUT2D eigenvalue weighted by Gasteiger charge is 2.22. The van der Waals surface area contributed by atoms with Crippen LogP contribution in [0.3, 0.4) is 0 Å². The van der Waals surface area contributed by atoms with E-state index in [9.17, 15) is 9.59 Å². The van der Waals surface area contributed by atoms with Crippen LogP contribution >= 0.6 is 0 Å². The number of amides is 1. The molecule has 3 aromatic carbocycles. The second-order valence-electron chi connectivity index (χ2n) is 9.25. The molecule has 0 saturated carbocycles. The van der Waals surface area contributed by atoms with E-state index in [1.54, 1.807) is 36.2 Å². The Labute approximate surface area is 233 Å². The number of anilines is 3. The van der Waals surface area contributed by atoms with Crippen molar-refractivity contribution in [1.82, 2.24) is 14.9 Å². The van der Waals surface area contributed by atoms with Crippen molar-refractivity contribution in [3.63, 3.8) is 0 Å². The fourth-order valence-electron chi connectivity index (χ4n) is 4.40. The van der Waals surface area contributed by atoms with Gasteiger partial charge in [-0.2, -0.15) is 0 Å². The molecule has 40 heavy (non-hydrogen) atoms. The number of carbonyl (C=O) groups excluding carboxylic acids is 2. The number of ether oxygens (including phenoxy) is 2. The van der Waals surface area contributed by atoms with Gasteiger partial charge < -0.3 is 24.6 Å². The number of carbonyl (C=O) groups is 2. The Morgan fingerprint density at radius 1 is 0.850 bits per heavy atom. The summed E-state index contributed by atoms with van der Waals surface area (Å²) in [5, 5.41) is 3.33. The summed E-state index contributed by atoms with van der Waals surface area (Å²) in [6, 6.07) is 26.7. The first-order valence-corrected chi connectivity index (χ1v) is 13.3. The second kappa shape index (κ2) is 12.8. The number of piperazine rings is 1. The van der Waals surface area contributed by atoms with Crippen molar-refractivity contribution in [2.45, 2.75) is 13.5 Å². The number of hydrogen-bond donors (Lipinski definition) is 1. The third-order valence-electron chi connectivity index (χ3n) is 6.56. The molecule has 1 fully saturated rings. The molecule has 2 heterocycles. The molecule has 1 saturated heterocycles. The zero-order chi connectivity index (χ0) is 27.7. The van der Waals surface area contributed by atoms with Crippen molar-refractivity contribution >= 4 is 29.3 Å². The molecule has 1 amide bonds. The van der Waals surface area contributed by atoms with E-state index < -0.39 is 0 Å². The minimum Gasteiger partial charge on any atom is -0.462 e. The lowest BCUT2D eigenvalue weighted by Gasteiger charge is -2.35. The van der Waals surface area contributed by atoms with Gasteiger partial charge in [-0.1, -0.05) is 42.5 Å². The van der Waals surface area contributed by atoms with Crippen molar-refractivity contribution < 1.29 is 19.1 Å². The topological polar surface area (TPSA) is 96.9 Å². The van der Waals surface area contributed by atoms with Gasteiger partial charge in [0.2, 0.25) is 0 Å². The van der Waals surface area contributed by atoms with Crippen molar-refractivity contribution in [3.05, 3.63) is 102 Å². The third kappa shape index (κ3) is 6.74. The highest BCUT2D eigenvalue weighted by molar-refractivity contribution is 5.89. The van der Waals surface area contributed by atoms with Crippen LogP contribution in [0.15, 0.2) is 91.1 Å². The van der Waals surface area contributed by atoms with Crippen LogP contribution in [0.2, 0.25) is 0 Å². The van der Waals surface area contributed by atoms with Crippen LogP contribution in [0.5, 0.6) is 0 Å². The summed E-state index contributed by atoms with van der Waals surface area (Å²) in [5.74, 6) is 0.865. The van der Waals surface area contributed by atoms with Gasteiger partial charge in [0.15, 0.2) is 5.82 Å². The monoisotopic (exact) mass is 537 g/mol. The highest BCUT2D eigenvalue weighted by atomic mass is 16.6. The number of rotatable bonds is 8. The smallest absolute Gasteiger partial charge is 0.410 e. The molecule has 0 unspecified atom stereocenters. The first-order chi connectivity index (χ1) is 19.6. The van der Waals surface area contributed by atoms with E-state index in [4.69, 9.17) is 9.47 Å². The summed E-state index contributed by atoms with van der Waals surface area (Å²) >= 11 is 0. The fourth-order valence-corrected chi connectivity index (χ4v) is 4.40. The molecular weight excluding hydrogens is 506 g/mol. The fraction of sp³-hybridized carbons (Fsp3) is 0.226. The van der Waals surface area contributed by atoms with Crippen LogP contribution < -0.4 is 10.2 Å². The number of hydrogen-bond acceptors (Lipinski definition) is 8. The molecule has 0 bridgehead atoms. The molecule has 0 aliphatic carbocycles. The third-order valence-corrected chi connectivity index (χ3v) is 6.56. The van der Waals surface area contributed by atoms with Gasteiger partial charge >= 0.3 is 12.1 Å². The normalized spacial score (nSPS) is 13.0. The van der Waals surface area contributed by atoms with Crippen molar-refractivity contribution in [1.29, 1.82) is 0 Å². The molecule has 4 aromatic rings. The summed E-state index contributed by atoms with van der Waals surface area (Å²) in [6.45, 7) is 5.08. The van der Waals surface area contributed by atoms with E-state index in [2.05, 4.69) is 32.3 Å². The van der Waals surface area contributed by atoms with Crippen LogP contribution in [0.1, 0.15) is 22.8 Å². The second-order valence-corrected chi connectivity index (χ2v) is 9.25. The lowest BCUT2D eigenvalue weighted by atomic mass is 10.1. The van der Waals surface area contributed by atoms with E-state index in [1.165, 1.54) is 0 Å². The lowest BCUT2D eigenvalue weighted by Crippen LogP contribution is -2.48. The zero-order valence-electron chi connectivity index (χ0n) is 22.3. The molecule has 1 N–H and O–H groups in total. The zero-order valence-corrected chi connectivity index (χ0v) is 22.3. The largest absolute Gasteiger partial charge is 0.462 e. The molecule has 9 heteroatoms. The number of esters is 1. The maximum absolute atomic E-state index is 12.5. The Kier molecular flexibility index (Phi) is 8.50. The van der Waals surface area contributed by atoms with Gasteiger partial charge in [-0.3, -0.25) is 0 Å². The van der Waals surface area contributed by atoms with Gasteiger partial charge in [0, 0.05) is 49.3 Å². The maximum Gasteiger partial charge on any atom is 0.410 e. The first kappa shape index (κ1) is 26.7. The van der Waals surface area contributed by atoms with Gasteiger partial charge in [0.1, 0.15) is 12.4 Å². The number of benzene rings is 3. The number of aromatic nitrogens is 2. The Balaban J connectivity index is 1.13. The van der Waals surface area contributed by atoms with E-state index >= 15 is 0 Å². The standard InChI is InChI=1S/C31H31N5O4/c1-2-39-30(37)25-10-8-24(9-11-25)29-32-17-16-28(34-29)33-26-12-14-27(15-13-26)35-18-20-36(21-19-35)31(38)40-22-23-6-4-3-5-7-23/h3-17H,2,18-22H2,1H3,(H,32,33,34). The van der Waals surface area contributed by atoms with Crippen molar-refractivity contribution in [3.8, 4) is 11.4 Å². The van der Waals surface area contributed by atoms with Crippen LogP contribution in [-0.2, 0) is 16.1 Å². The summed E-state index contributed by atoms with van der Waals surface area (Å²) in [7, 11) is 0. The number of nitrogens with zero attached hydrogens (tertiary/aromatic N) is 4. The Morgan fingerprint density at radius 3 is 2.27 bits per heavy atom. The van der Waals surface area contributed by atoms with E-state index in [-0.39, 0.29) is 18.7 Å². The summed E-state index contributed by atoms with van der Waals surface area (Å²) in [6.07, 6.45) is 1.42. The molecule has 1 aromatic heterocycles. The minimum atomic E-state index is -0.350. The Bertz CT molecular complexity index is 1420.